The molecule has 5 nitrogen and oxygen atoms in total. The van der Waals surface area contributed by atoms with Crippen molar-refractivity contribution in [2.45, 2.75) is 13.5 Å². The maximum Gasteiger partial charge on any atom is 0.251 e. The highest BCUT2D eigenvalue weighted by Gasteiger charge is 2.09. The summed E-state index contributed by atoms with van der Waals surface area (Å²) in [6.45, 7) is 2.90. The first-order valence-corrected chi connectivity index (χ1v) is 7.84. The summed E-state index contributed by atoms with van der Waals surface area (Å²) in [5.41, 5.74) is 3.55. The predicted molar refractivity (Wildman–Crippen MR) is 96.0 cm³/mol. The van der Waals surface area contributed by atoms with E-state index in [2.05, 4.69) is 10.6 Å². The van der Waals surface area contributed by atoms with Crippen molar-refractivity contribution >= 4 is 17.5 Å². The molecule has 0 unspecified atom stereocenters. The van der Waals surface area contributed by atoms with Gasteiger partial charge in [0.25, 0.3) is 5.91 Å². The second-order valence-electron chi connectivity index (χ2n) is 5.81. The molecule has 0 aliphatic carbocycles. The average Bonchev–Trinajstić information content (AvgIpc) is 2.56. The van der Waals surface area contributed by atoms with E-state index < -0.39 is 0 Å². The SMILES string of the molecule is CNC(=O)c1ccc(CN(C)CC(=O)Nc2ccccc2C)cc1. The first kappa shape index (κ1) is 17.7. The van der Waals surface area contributed by atoms with E-state index in [4.69, 9.17) is 0 Å². The Bertz CT molecular complexity index is 711. The minimum absolute atomic E-state index is 0.0474. The molecule has 0 atom stereocenters. The molecule has 2 aromatic rings. The van der Waals surface area contributed by atoms with Gasteiger partial charge in [0.15, 0.2) is 0 Å². The van der Waals surface area contributed by atoms with Gasteiger partial charge in [-0.25, -0.2) is 0 Å². The second kappa shape index (κ2) is 8.26. The maximum absolute atomic E-state index is 12.1. The van der Waals surface area contributed by atoms with Gasteiger partial charge < -0.3 is 10.6 Å². The van der Waals surface area contributed by atoms with E-state index in [1.165, 1.54) is 0 Å². The number of carbonyl (C=O) groups is 2. The molecule has 2 N–H and O–H groups in total. The van der Waals surface area contributed by atoms with Crippen LogP contribution in [0.5, 0.6) is 0 Å². The van der Waals surface area contributed by atoms with Gasteiger partial charge in [0.05, 0.1) is 6.54 Å². The molecular weight excluding hydrogens is 302 g/mol. The van der Waals surface area contributed by atoms with Crippen LogP contribution in [0.2, 0.25) is 0 Å². The molecule has 0 aliphatic rings. The van der Waals surface area contributed by atoms with Gasteiger partial charge in [0.1, 0.15) is 0 Å². The smallest absolute Gasteiger partial charge is 0.251 e. The molecule has 0 bridgehead atoms. The van der Waals surface area contributed by atoms with Crippen molar-refractivity contribution in [3.8, 4) is 0 Å². The summed E-state index contributed by atoms with van der Waals surface area (Å²) in [5, 5.41) is 5.52. The molecule has 5 heteroatoms. The van der Waals surface area contributed by atoms with E-state index in [9.17, 15) is 9.59 Å². The fraction of sp³-hybridized carbons (Fsp3) is 0.263. The third-order valence-corrected chi connectivity index (χ3v) is 3.73. The molecular formula is C19H23N3O2. The first-order chi connectivity index (χ1) is 11.5. The number of amides is 2. The molecule has 0 radical (unpaired) electrons. The molecule has 0 aromatic heterocycles. The highest BCUT2D eigenvalue weighted by Crippen LogP contribution is 2.13. The lowest BCUT2D eigenvalue weighted by molar-refractivity contribution is -0.117. The lowest BCUT2D eigenvalue weighted by atomic mass is 10.1. The molecule has 0 saturated heterocycles. The molecule has 0 aliphatic heterocycles. The Morgan fingerprint density at radius 2 is 1.71 bits per heavy atom. The van der Waals surface area contributed by atoms with Gasteiger partial charge in [0.2, 0.25) is 5.91 Å². The summed E-state index contributed by atoms with van der Waals surface area (Å²) < 4.78 is 0. The van der Waals surface area contributed by atoms with Crippen LogP contribution in [0.1, 0.15) is 21.5 Å². The molecule has 0 spiro atoms. The number of aryl methyl sites for hydroxylation is 1. The summed E-state index contributed by atoms with van der Waals surface area (Å²) in [7, 11) is 3.50. The minimum atomic E-state index is -0.104. The Balaban J connectivity index is 1.88. The summed E-state index contributed by atoms with van der Waals surface area (Å²) >= 11 is 0. The molecule has 2 aromatic carbocycles. The van der Waals surface area contributed by atoms with E-state index in [1.54, 1.807) is 19.2 Å². The Morgan fingerprint density at radius 1 is 1.04 bits per heavy atom. The summed E-state index contributed by atoms with van der Waals surface area (Å²) in [6.07, 6.45) is 0. The van der Waals surface area contributed by atoms with Crippen LogP contribution >= 0.6 is 0 Å². The largest absolute Gasteiger partial charge is 0.355 e. The van der Waals surface area contributed by atoms with Crippen molar-refractivity contribution in [2.24, 2.45) is 0 Å². The van der Waals surface area contributed by atoms with E-state index in [0.717, 1.165) is 16.8 Å². The van der Waals surface area contributed by atoms with Crippen molar-refractivity contribution < 1.29 is 9.59 Å². The highest BCUT2D eigenvalue weighted by molar-refractivity contribution is 5.94. The average molecular weight is 325 g/mol. The van der Waals surface area contributed by atoms with Crippen LogP contribution < -0.4 is 10.6 Å². The van der Waals surface area contributed by atoms with Crippen LogP contribution in [-0.2, 0) is 11.3 Å². The van der Waals surface area contributed by atoms with Crippen LogP contribution in [0.25, 0.3) is 0 Å². The summed E-state index contributed by atoms with van der Waals surface area (Å²) in [5.74, 6) is -0.152. The molecule has 0 heterocycles. The van der Waals surface area contributed by atoms with Crippen LogP contribution in [0.15, 0.2) is 48.5 Å². The molecule has 0 fully saturated rings. The number of para-hydroxylation sites is 1. The monoisotopic (exact) mass is 325 g/mol. The van der Waals surface area contributed by atoms with E-state index in [0.29, 0.717) is 18.7 Å². The van der Waals surface area contributed by atoms with Gasteiger partial charge in [-0.05, 0) is 43.3 Å². The van der Waals surface area contributed by atoms with Crippen molar-refractivity contribution in [3.63, 3.8) is 0 Å². The maximum atomic E-state index is 12.1. The van der Waals surface area contributed by atoms with Crippen molar-refractivity contribution in [3.05, 3.63) is 65.2 Å². The van der Waals surface area contributed by atoms with Gasteiger partial charge in [-0.3, -0.25) is 14.5 Å². The zero-order valence-corrected chi connectivity index (χ0v) is 14.3. The molecule has 24 heavy (non-hydrogen) atoms. The molecule has 126 valence electrons. The third-order valence-electron chi connectivity index (χ3n) is 3.73. The number of hydrogen-bond donors (Lipinski definition) is 2. The number of likely N-dealkylation sites (N-methyl/N-ethyl adjacent to an activating group) is 1. The van der Waals surface area contributed by atoms with Gasteiger partial charge >= 0.3 is 0 Å². The molecule has 2 rings (SSSR count). The van der Waals surface area contributed by atoms with Crippen molar-refractivity contribution in [1.29, 1.82) is 0 Å². The highest BCUT2D eigenvalue weighted by atomic mass is 16.2. The molecule has 2 amide bonds. The topological polar surface area (TPSA) is 61.4 Å². The zero-order valence-electron chi connectivity index (χ0n) is 14.3. The Morgan fingerprint density at radius 3 is 2.33 bits per heavy atom. The minimum Gasteiger partial charge on any atom is -0.355 e. The Hall–Kier alpha value is -2.66. The fourth-order valence-electron chi connectivity index (χ4n) is 2.42. The lowest BCUT2D eigenvalue weighted by Gasteiger charge is -2.17. The summed E-state index contributed by atoms with van der Waals surface area (Å²) in [6, 6.07) is 15.1. The van der Waals surface area contributed by atoms with Crippen molar-refractivity contribution in [2.75, 3.05) is 26.0 Å². The number of nitrogens with one attached hydrogen (secondary N) is 2. The lowest BCUT2D eigenvalue weighted by Crippen LogP contribution is -2.30. The predicted octanol–water partition coefficient (Wildman–Crippen LogP) is 2.43. The first-order valence-electron chi connectivity index (χ1n) is 7.84. The van der Waals surface area contributed by atoms with Crippen LogP contribution in [0.4, 0.5) is 5.69 Å². The van der Waals surface area contributed by atoms with Gasteiger partial charge in [-0.1, -0.05) is 30.3 Å². The van der Waals surface area contributed by atoms with E-state index >= 15 is 0 Å². The quantitative estimate of drug-likeness (QED) is 0.857. The number of carbonyl (C=O) groups excluding carboxylic acids is 2. The Labute approximate surface area is 142 Å². The van der Waals surface area contributed by atoms with Crippen molar-refractivity contribution in [1.82, 2.24) is 10.2 Å². The molecule has 0 saturated carbocycles. The van der Waals surface area contributed by atoms with E-state index in [-0.39, 0.29) is 11.8 Å². The van der Waals surface area contributed by atoms with E-state index in [1.807, 2.05) is 55.3 Å². The number of anilines is 1. The van der Waals surface area contributed by atoms with Gasteiger partial charge in [-0.15, -0.1) is 0 Å². The standard InChI is InChI=1S/C19H23N3O2/c1-14-6-4-5-7-17(14)21-18(23)13-22(3)12-15-8-10-16(11-9-15)19(24)20-2/h4-11H,12-13H2,1-3H3,(H,20,24)(H,21,23). The fourth-order valence-corrected chi connectivity index (χ4v) is 2.42. The van der Waals surface area contributed by atoms with Crippen LogP contribution in [-0.4, -0.2) is 37.4 Å². The van der Waals surface area contributed by atoms with Crippen LogP contribution in [0, 0.1) is 6.92 Å². The third kappa shape index (κ3) is 4.93. The van der Waals surface area contributed by atoms with Gasteiger partial charge in [-0.2, -0.15) is 0 Å². The normalized spacial score (nSPS) is 10.5. The summed E-state index contributed by atoms with van der Waals surface area (Å²) in [4.78, 5) is 25.6. The van der Waals surface area contributed by atoms with Crippen LogP contribution in [0.3, 0.4) is 0 Å². The Kier molecular flexibility index (Phi) is 6.09. The second-order valence-corrected chi connectivity index (χ2v) is 5.81. The number of benzene rings is 2. The number of nitrogens with zero attached hydrogens (tertiary/aromatic N) is 1. The zero-order chi connectivity index (χ0) is 17.5. The number of hydrogen-bond acceptors (Lipinski definition) is 3. The number of rotatable bonds is 6. The van der Waals surface area contributed by atoms with Gasteiger partial charge in [0, 0.05) is 24.8 Å².